The molecule has 0 radical (unpaired) electrons. The second-order valence-electron chi connectivity index (χ2n) is 6.48. The summed E-state index contributed by atoms with van der Waals surface area (Å²) < 4.78 is 0. The summed E-state index contributed by atoms with van der Waals surface area (Å²) in [6.07, 6.45) is 4.90. The van der Waals surface area contributed by atoms with Crippen LogP contribution in [0.1, 0.15) is 41.6 Å². The molecule has 3 heteroatoms. The molecule has 3 nitrogen and oxygen atoms in total. The van der Waals surface area contributed by atoms with Gasteiger partial charge in [0.25, 0.3) is 5.91 Å². The first-order valence-electron chi connectivity index (χ1n) is 7.75. The van der Waals surface area contributed by atoms with E-state index < -0.39 is 0 Å². The van der Waals surface area contributed by atoms with Gasteiger partial charge in [-0.1, -0.05) is 17.7 Å². The van der Waals surface area contributed by atoms with E-state index in [0.717, 1.165) is 38.2 Å². The van der Waals surface area contributed by atoms with Crippen molar-refractivity contribution in [2.45, 2.75) is 32.6 Å². The summed E-state index contributed by atoms with van der Waals surface area (Å²) in [5, 5.41) is 3.51. The fraction of sp³-hybridized carbons (Fsp3) is 0.588. The van der Waals surface area contributed by atoms with Crippen LogP contribution in [0.15, 0.2) is 24.3 Å². The molecule has 1 aromatic rings. The maximum Gasteiger partial charge on any atom is 0.253 e. The minimum absolute atomic E-state index is 0.203. The van der Waals surface area contributed by atoms with Gasteiger partial charge in [0.2, 0.25) is 0 Å². The third-order valence-electron chi connectivity index (χ3n) is 4.81. The van der Waals surface area contributed by atoms with Crippen LogP contribution >= 0.6 is 0 Å². The maximum atomic E-state index is 12.6. The molecule has 2 saturated heterocycles. The zero-order valence-corrected chi connectivity index (χ0v) is 12.3. The van der Waals surface area contributed by atoms with Crippen LogP contribution in [0.2, 0.25) is 0 Å². The van der Waals surface area contributed by atoms with Crippen molar-refractivity contribution in [3.05, 3.63) is 35.4 Å². The lowest BCUT2D eigenvalue weighted by molar-refractivity contribution is 0.0434. The predicted molar refractivity (Wildman–Crippen MR) is 80.9 cm³/mol. The van der Waals surface area contributed by atoms with Crippen LogP contribution in [0.25, 0.3) is 0 Å². The van der Waals surface area contributed by atoms with Gasteiger partial charge < -0.3 is 10.2 Å². The fourth-order valence-corrected chi connectivity index (χ4v) is 3.64. The van der Waals surface area contributed by atoms with Crippen LogP contribution in [-0.2, 0) is 0 Å². The van der Waals surface area contributed by atoms with Crippen LogP contribution < -0.4 is 5.32 Å². The SMILES string of the molecule is Cc1ccc(C(=O)N2CCC[C@]3(CCCNC3)C2)cc1. The number of amides is 1. The predicted octanol–water partition coefficient (Wildman–Crippen LogP) is 2.60. The first-order chi connectivity index (χ1) is 9.69. The molecule has 3 rings (SSSR count). The molecule has 1 amide bonds. The minimum atomic E-state index is 0.203. The van der Waals surface area contributed by atoms with Crippen molar-refractivity contribution in [2.24, 2.45) is 5.41 Å². The Balaban J connectivity index is 1.73. The Bertz CT molecular complexity index is 469. The van der Waals surface area contributed by atoms with Crippen LogP contribution in [0.4, 0.5) is 0 Å². The van der Waals surface area contributed by atoms with E-state index in [1.54, 1.807) is 0 Å². The zero-order chi connectivity index (χ0) is 14.0. The lowest BCUT2D eigenvalue weighted by atomic mass is 9.74. The molecule has 0 unspecified atom stereocenters. The van der Waals surface area contributed by atoms with Crippen molar-refractivity contribution < 1.29 is 4.79 Å². The van der Waals surface area contributed by atoms with Gasteiger partial charge >= 0.3 is 0 Å². The number of nitrogens with zero attached hydrogens (tertiary/aromatic N) is 1. The third kappa shape index (κ3) is 2.73. The largest absolute Gasteiger partial charge is 0.338 e. The Morgan fingerprint density at radius 3 is 2.65 bits per heavy atom. The van der Waals surface area contributed by atoms with Crippen LogP contribution in [0, 0.1) is 12.3 Å². The van der Waals surface area contributed by atoms with E-state index in [4.69, 9.17) is 0 Å². The van der Waals surface area contributed by atoms with Crippen molar-refractivity contribution in [3.8, 4) is 0 Å². The van der Waals surface area contributed by atoms with Crippen LogP contribution in [-0.4, -0.2) is 37.0 Å². The van der Waals surface area contributed by atoms with Gasteiger partial charge in [-0.15, -0.1) is 0 Å². The lowest BCUT2D eigenvalue weighted by Gasteiger charge is -2.45. The van der Waals surface area contributed by atoms with Gasteiger partial charge in [-0.3, -0.25) is 4.79 Å². The molecule has 2 aliphatic rings. The highest BCUT2D eigenvalue weighted by Gasteiger charge is 2.38. The Labute approximate surface area is 121 Å². The number of hydrogen-bond donors (Lipinski definition) is 1. The van der Waals surface area contributed by atoms with E-state index in [9.17, 15) is 4.79 Å². The molecule has 20 heavy (non-hydrogen) atoms. The third-order valence-corrected chi connectivity index (χ3v) is 4.81. The molecule has 1 aromatic carbocycles. The van der Waals surface area contributed by atoms with Gasteiger partial charge in [0.1, 0.15) is 0 Å². The van der Waals surface area contributed by atoms with Crippen molar-refractivity contribution >= 4 is 5.91 Å². The van der Waals surface area contributed by atoms with Gasteiger partial charge in [-0.05, 0) is 51.3 Å². The van der Waals surface area contributed by atoms with Crippen molar-refractivity contribution in [2.75, 3.05) is 26.2 Å². The summed E-state index contributed by atoms with van der Waals surface area (Å²) >= 11 is 0. The van der Waals surface area contributed by atoms with Gasteiger partial charge in [-0.25, -0.2) is 0 Å². The Kier molecular flexibility index (Phi) is 3.79. The van der Waals surface area contributed by atoms with Gasteiger partial charge in [0, 0.05) is 30.6 Å². The zero-order valence-electron chi connectivity index (χ0n) is 12.3. The smallest absolute Gasteiger partial charge is 0.253 e. The molecule has 0 aromatic heterocycles. The molecule has 2 heterocycles. The Morgan fingerprint density at radius 1 is 1.20 bits per heavy atom. The number of rotatable bonds is 1. The summed E-state index contributed by atoms with van der Waals surface area (Å²) in [6.45, 7) is 6.09. The molecular weight excluding hydrogens is 248 g/mol. The van der Waals surface area contributed by atoms with Crippen LogP contribution in [0.5, 0.6) is 0 Å². The average Bonchev–Trinajstić information content (AvgIpc) is 2.48. The van der Waals surface area contributed by atoms with Crippen LogP contribution in [0.3, 0.4) is 0 Å². The van der Waals surface area contributed by atoms with Gasteiger partial charge in [0.05, 0.1) is 0 Å². The molecular formula is C17H24N2O. The van der Waals surface area contributed by atoms with E-state index in [-0.39, 0.29) is 5.91 Å². The number of piperidine rings is 2. The quantitative estimate of drug-likeness (QED) is 0.852. The topological polar surface area (TPSA) is 32.3 Å². The number of nitrogens with one attached hydrogen (secondary N) is 1. The Hall–Kier alpha value is -1.35. The average molecular weight is 272 g/mol. The lowest BCUT2D eigenvalue weighted by Crippen LogP contribution is -2.52. The molecule has 1 atom stereocenters. The van der Waals surface area contributed by atoms with Crippen molar-refractivity contribution in [3.63, 3.8) is 0 Å². The number of benzene rings is 1. The summed E-state index contributed by atoms with van der Waals surface area (Å²) in [7, 11) is 0. The highest BCUT2D eigenvalue weighted by Crippen LogP contribution is 2.36. The normalized spacial score (nSPS) is 26.8. The molecule has 108 valence electrons. The number of carbonyl (C=O) groups excluding carboxylic acids is 1. The molecule has 0 aliphatic carbocycles. The molecule has 1 N–H and O–H groups in total. The summed E-state index contributed by atoms with van der Waals surface area (Å²) in [4.78, 5) is 14.7. The molecule has 0 saturated carbocycles. The number of likely N-dealkylation sites (tertiary alicyclic amines) is 1. The first-order valence-corrected chi connectivity index (χ1v) is 7.75. The standard InChI is InChI=1S/C17H24N2O/c1-14-4-6-15(7-5-14)16(20)19-11-3-9-17(13-19)8-2-10-18-12-17/h4-7,18H,2-3,8-13H2,1H3/t17-/m0/s1. The summed E-state index contributed by atoms with van der Waals surface area (Å²) in [6, 6.07) is 7.96. The summed E-state index contributed by atoms with van der Waals surface area (Å²) in [5.74, 6) is 0.203. The Morgan fingerprint density at radius 2 is 1.95 bits per heavy atom. The van der Waals surface area contributed by atoms with E-state index in [1.807, 2.05) is 24.3 Å². The highest BCUT2D eigenvalue weighted by molar-refractivity contribution is 5.94. The van der Waals surface area contributed by atoms with E-state index >= 15 is 0 Å². The minimum Gasteiger partial charge on any atom is -0.338 e. The second-order valence-corrected chi connectivity index (χ2v) is 6.48. The monoisotopic (exact) mass is 272 g/mol. The first kappa shape index (κ1) is 13.6. The maximum absolute atomic E-state index is 12.6. The van der Waals surface area contributed by atoms with Crippen molar-refractivity contribution in [1.82, 2.24) is 10.2 Å². The molecule has 1 spiro atoms. The fourth-order valence-electron chi connectivity index (χ4n) is 3.64. The highest BCUT2D eigenvalue weighted by atomic mass is 16.2. The molecule has 2 aliphatic heterocycles. The number of aryl methyl sites for hydroxylation is 1. The second kappa shape index (κ2) is 5.57. The summed E-state index contributed by atoms with van der Waals surface area (Å²) in [5.41, 5.74) is 2.36. The van der Waals surface area contributed by atoms with Gasteiger partial charge in [-0.2, -0.15) is 0 Å². The van der Waals surface area contributed by atoms with E-state index in [2.05, 4.69) is 17.1 Å². The molecule has 0 bridgehead atoms. The van der Waals surface area contributed by atoms with E-state index in [0.29, 0.717) is 5.41 Å². The number of hydrogen-bond acceptors (Lipinski definition) is 2. The van der Waals surface area contributed by atoms with Crippen molar-refractivity contribution in [1.29, 1.82) is 0 Å². The molecule has 2 fully saturated rings. The number of carbonyl (C=O) groups is 1. The van der Waals surface area contributed by atoms with E-state index in [1.165, 1.54) is 24.8 Å². The van der Waals surface area contributed by atoms with Gasteiger partial charge in [0.15, 0.2) is 0 Å².